The number of esters is 1. The fourth-order valence-electron chi connectivity index (χ4n) is 4.32. The average molecular weight is 473 g/mol. The lowest BCUT2D eigenvalue weighted by molar-refractivity contribution is -0.146. The van der Waals surface area contributed by atoms with Gasteiger partial charge in [0.15, 0.2) is 0 Å². The van der Waals surface area contributed by atoms with Gasteiger partial charge in [-0.15, -0.1) is 0 Å². The maximum atomic E-state index is 13.2. The number of nitrogens with one attached hydrogen (secondary N) is 1. The average Bonchev–Trinajstić information content (AvgIpc) is 3.33. The lowest BCUT2D eigenvalue weighted by Gasteiger charge is -2.26. The lowest BCUT2D eigenvalue weighted by Crippen LogP contribution is -2.46. The molecule has 34 heavy (non-hydrogen) atoms. The van der Waals surface area contributed by atoms with Gasteiger partial charge in [-0.2, -0.15) is 0 Å². The molecule has 3 rings (SSSR count). The summed E-state index contributed by atoms with van der Waals surface area (Å²) < 4.78 is 11.2. The molecular formula is C26H36N2O6. The molecule has 3 atom stereocenters. The first-order valence-electron chi connectivity index (χ1n) is 12.2. The molecule has 3 unspecified atom stereocenters. The number of allylic oxidation sites excluding steroid dienone is 2. The van der Waals surface area contributed by atoms with Crippen LogP contribution in [0.2, 0.25) is 0 Å². The Morgan fingerprint density at radius 1 is 1.18 bits per heavy atom. The monoisotopic (exact) mass is 472 g/mol. The van der Waals surface area contributed by atoms with Crippen LogP contribution in [0.3, 0.4) is 0 Å². The van der Waals surface area contributed by atoms with E-state index in [1.807, 2.05) is 42.5 Å². The minimum atomic E-state index is -0.545. The molecule has 0 aromatic heterocycles. The van der Waals surface area contributed by atoms with Crippen LogP contribution in [-0.4, -0.2) is 66.2 Å². The predicted octanol–water partition coefficient (Wildman–Crippen LogP) is 2.35. The van der Waals surface area contributed by atoms with Crippen LogP contribution >= 0.6 is 0 Å². The number of aliphatic hydroxyl groups is 1. The van der Waals surface area contributed by atoms with Crippen molar-refractivity contribution in [3.05, 3.63) is 48.0 Å². The number of cyclic esters (lactones) is 1. The molecule has 2 N–H and O–H groups in total. The van der Waals surface area contributed by atoms with Crippen LogP contribution in [-0.2, 0) is 30.5 Å². The fourth-order valence-corrected chi connectivity index (χ4v) is 4.32. The molecule has 1 fully saturated rings. The number of aliphatic hydroxyl groups excluding tert-OH is 1. The summed E-state index contributed by atoms with van der Waals surface area (Å²) in [5, 5.41) is 12.5. The summed E-state index contributed by atoms with van der Waals surface area (Å²) >= 11 is 0. The van der Waals surface area contributed by atoms with E-state index in [0.717, 1.165) is 18.4 Å². The Balaban J connectivity index is 1.64. The van der Waals surface area contributed by atoms with Crippen molar-refractivity contribution in [1.29, 1.82) is 0 Å². The van der Waals surface area contributed by atoms with Gasteiger partial charge in [0.2, 0.25) is 11.8 Å². The number of benzene rings is 1. The molecule has 0 aliphatic carbocycles. The Hall–Kier alpha value is -2.71. The molecule has 0 radical (unpaired) electrons. The Morgan fingerprint density at radius 2 is 2.00 bits per heavy atom. The zero-order valence-corrected chi connectivity index (χ0v) is 19.7. The Labute approximate surface area is 201 Å². The second kappa shape index (κ2) is 13.9. The largest absolute Gasteiger partial charge is 0.463 e. The predicted molar refractivity (Wildman–Crippen MR) is 127 cm³/mol. The number of hydrogen-bond donors (Lipinski definition) is 2. The molecule has 8 heteroatoms. The van der Waals surface area contributed by atoms with Crippen LogP contribution in [0, 0.1) is 5.92 Å². The van der Waals surface area contributed by atoms with Crippen molar-refractivity contribution in [2.45, 2.75) is 63.6 Å². The van der Waals surface area contributed by atoms with Crippen molar-refractivity contribution >= 4 is 17.8 Å². The van der Waals surface area contributed by atoms with Gasteiger partial charge >= 0.3 is 5.97 Å². The summed E-state index contributed by atoms with van der Waals surface area (Å²) in [4.78, 5) is 39.9. The van der Waals surface area contributed by atoms with Crippen molar-refractivity contribution in [2.75, 3.05) is 26.4 Å². The van der Waals surface area contributed by atoms with E-state index in [2.05, 4.69) is 5.32 Å². The van der Waals surface area contributed by atoms with E-state index in [0.29, 0.717) is 38.8 Å². The highest BCUT2D eigenvalue weighted by Gasteiger charge is 2.31. The van der Waals surface area contributed by atoms with Crippen molar-refractivity contribution in [2.24, 2.45) is 5.92 Å². The molecule has 2 amide bonds. The van der Waals surface area contributed by atoms with Crippen LogP contribution in [0.15, 0.2) is 42.5 Å². The standard InChI is InChI=1S/C26H36N2O6/c29-16-23-12-8-14-28(23)24(30)15-21-11-6-1-2-7-13-25(31)34-19-22(27-26(21)32)18-33-17-20-9-4-3-5-10-20/h1,3-6,9-10,21-23,29H,2,7-8,11-19H2,(H,27,32). The SMILES string of the molecule is O=C1CCCC=CCC(CC(=O)N2CCCC2CO)C(=O)NC(COCc2ccccc2)CO1. The van der Waals surface area contributed by atoms with Crippen molar-refractivity contribution in [3.63, 3.8) is 0 Å². The highest BCUT2D eigenvalue weighted by atomic mass is 16.5. The van der Waals surface area contributed by atoms with Crippen molar-refractivity contribution < 1.29 is 29.0 Å². The van der Waals surface area contributed by atoms with Gasteiger partial charge in [-0.3, -0.25) is 14.4 Å². The third kappa shape index (κ3) is 8.25. The number of amides is 2. The van der Waals surface area contributed by atoms with Crippen LogP contribution in [0.5, 0.6) is 0 Å². The van der Waals surface area contributed by atoms with Crippen LogP contribution in [0.25, 0.3) is 0 Å². The highest BCUT2D eigenvalue weighted by Crippen LogP contribution is 2.21. The van der Waals surface area contributed by atoms with Gasteiger partial charge in [-0.05, 0) is 37.7 Å². The zero-order chi connectivity index (χ0) is 24.2. The van der Waals surface area contributed by atoms with E-state index in [1.54, 1.807) is 4.90 Å². The minimum Gasteiger partial charge on any atom is -0.463 e. The van der Waals surface area contributed by atoms with Gasteiger partial charge in [0.25, 0.3) is 0 Å². The maximum Gasteiger partial charge on any atom is 0.305 e. The molecule has 0 spiro atoms. The lowest BCUT2D eigenvalue weighted by atomic mass is 9.98. The van der Waals surface area contributed by atoms with E-state index < -0.39 is 12.0 Å². The molecule has 2 heterocycles. The number of carbonyl (C=O) groups is 3. The summed E-state index contributed by atoms with van der Waals surface area (Å²) in [6.07, 6.45) is 7.70. The van der Waals surface area contributed by atoms with Gasteiger partial charge in [-0.25, -0.2) is 0 Å². The number of hydrogen-bond acceptors (Lipinski definition) is 6. The first-order valence-corrected chi connectivity index (χ1v) is 12.2. The van der Waals surface area contributed by atoms with Gasteiger partial charge in [0.1, 0.15) is 6.61 Å². The van der Waals surface area contributed by atoms with Crippen molar-refractivity contribution in [1.82, 2.24) is 10.2 Å². The molecule has 1 aromatic rings. The topological polar surface area (TPSA) is 105 Å². The normalized spacial score (nSPS) is 24.5. The minimum absolute atomic E-state index is 0.0200. The first kappa shape index (κ1) is 25.9. The zero-order valence-electron chi connectivity index (χ0n) is 19.7. The molecule has 0 bridgehead atoms. The second-order valence-corrected chi connectivity index (χ2v) is 8.96. The summed E-state index contributed by atoms with van der Waals surface area (Å²) in [5.74, 6) is -1.22. The van der Waals surface area contributed by atoms with Crippen LogP contribution in [0.1, 0.15) is 50.5 Å². The van der Waals surface area contributed by atoms with Gasteiger partial charge < -0.3 is 24.8 Å². The third-order valence-electron chi connectivity index (χ3n) is 6.26. The molecule has 8 nitrogen and oxygen atoms in total. The van der Waals surface area contributed by atoms with E-state index in [4.69, 9.17) is 9.47 Å². The molecule has 186 valence electrons. The van der Waals surface area contributed by atoms with E-state index in [1.165, 1.54) is 0 Å². The number of ether oxygens (including phenoxy) is 2. The Bertz CT molecular complexity index is 828. The molecule has 1 aromatic carbocycles. The van der Waals surface area contributed by atoms with Gasteiger partial charge in [0, 0.05) is 19.4 Å². The molecule has 0 saturated carbocycles. The van der Waals surface area contributed by atoms with E-state index in [9.17, 15) is 19.5 Å². The van der Waals surface area contributed by atoms with Crippen molar-refractivity contribution in [3.8, 4) is 0 Å². The fraction of sp³-hybridized carbons (Fsp3) is 0.577. The summed E-state index contributed by atoms with van der Waals surface area (Å²) in [5.41, 5.74) is 1.01. The summed E-state index contributed by atoms with van der Waals surface area (Å²) in [7, 11) is 0. The van der Waals surface area contributed by atoms with E-state index >= 15 is 0 Å². The number of likely N-dealkylation sites (tertiary alicyclic amines) is 1. The first-order chi connectivity index (χ1) is 16.6. The Morgan fingerprint density at radius 3 is 2.79 bits per heavy atom. The van der Waals surface area contributed by atoms with Gasteiger partial charge in [-0.1, -0.05) is 42.5 Å². The molecule has 2 aliphatic rings. The molecule has 1 saturated heterocycles. The number of nitrogens with zero attached hydrogens (tertiary/aromatic N) is 1. The number of carbonyl (C=O) groups excluding carboxylic acids is 3. The van der Waals surface area contributed by atoms with Crippen LogP contribution in [0.4, 0.5) is 0 Å². The second-order valence-electron chi connectivity index (χ2n) is 8.96. The smallest absolute Gasteiger partial charge is 0.305 e. The quantitative estimate of drug-likeness (QED) is 0.466. The Kier molecular flexibility index (Phi) is 10.6. The van der Waals surface area contributed by atoms with Gasteiger partial charge in [0.05, 0.1) is 37.8 Å². The van der Waals surface area contributed by atoms with E-state index in [-0.39, 0.29) is 50.1 Å². The summed E-state index contributed by atoms with van der Waals surface area (Å²) in [6.45, 7) is 1.13. The summed E-state index contributed by atoms with van der Waals surface area (Å²) in [6, 6.07) is 9.01. The highest BCUT2D eigenvalue weighted by molar-refractivity contribution is 5.86. The molecule has 2 aliphatic heterocycles. The molecular weight excluding hydrogens is 436 g/mol. The maximum absolute atomic E-state index is 13.2. The third-order valence-corrected chi connectivity index (χ3v) is 6.26. The van der Waals surface area contributed by atoms with Crippen LogP contribution < -0.4 is 5.32 Å². The number of rotatable bonds is 7.